The van der Waals surface area contributed by atoms with Gasteiger partial charge in [0.1, 0.15) is 0 Å². The van der Waals surface area contributed by atoms with Crippen molar-refractivity contribution in [2.24, 2.45) is 0 Å². The highest BCUT2D eigenvalue weighted by Crippen LogP contribution is 2.12. The summed E-state index contributed by atoms with van der Waals surface area (Å²) in [6.45, 7) is 7.23. The van der Waals surface area contributed by atoms with Crippen LogP contribution in [-0.2, 0) is 10.0 Å². The van der Waals surface area contributed by atoms with Crippen molar-refractivity contribution in [2.45, 2.75) is 13.3 Å². The number of hydrogen-bond acceptors (Lipinski definition) is 5. The number of hydrogen-bond donors (Lipinski definition) is 3. The number of benzene rings is 1. The molecule has 1 aromatic carbocycles. The van der Waals surface area contributed by atoms with E-state index in [-0.39, 0.29) is 11.7 Å². The Balaban J connectivity index is 1.80. The maximum atomic E-state index is 12.1. The fourth-order valence-corrected chi connectivity index (χ4v) is 3.69. The molecule has 0 spiro atoms. The van der Waals surface area contributed by atoms with Crippen LogP contribution in [0.25, 0.3) is 0 Å². The predicted molar refractivity (Wildman–Crippen MR) is 95.8 cm³/mol. The molecule has 0 unspecified atom stereocenters. The number of nitrogens with one attached hydrogen (secondary N) is 3. The molecule has 1 saturated heterocycles. The van der Waals surface area contributed by atoms with Crippen LogP contribution in [-0.4, -0.2) is 64.2 Å². The molecular formula is C16H26N4O3S. The number of rotatable bonds is 8. The summed E-state index contributed by atoms with van der Waals surface area (Å²) in [5, 5.41) is 6.19. The Morgan fingerprint density at radius 1 is 1.21 bits per heavy atom. The second-order valence-corrected chi connectivity index (χ2v) is 7.69. The third-order valence-corrected chi connectivity index (χ3v) is 5.31. The van der Waals surface area contributed by atoms with Crippen molar-refractivity contribution in [3.05, 3.63) is 29.8 Å². The van der Waals surface area contributed by atoms with E-state index >= 15 is 0 Å². The number of nitrogens with zero attached hydrogens (tertiary/aromatic N) is 1. The predicted octanol–water partition coefficient (Wildman–Crippen LogP) is 0.473. The van der Waals surface area contributed by atoms with Gasteiger partial charge in [-0.3, -0.25) is 14.4 Å². The van der Waals surface area contributed by atoms with Crippen LogP contribution in [0.3, 0.4) is 0 Å². The Morgan fingerprint density at radius 2 is 1.88 bits per heavy atom. The zero-order valence-electron chi connectivity index (χ0n) is 14.0. The molecular weight excluding hydrogens is 328 g/mol. The van der Waals surface area contributed by atoms with Gasteiger partial charge in [-0.2, -0.15) is 0 Å². The molecule has 134 valence electrons. The maximum Gasteiger partial charge on any atom is 0.251 e. The summed E-state index contributed by atoms with van der Waals surface area (Å²) < 4.78 is 25.9. The summed E-state index contributed by atoms with van der Waals surface area (Å²) in [5.41, 5.74) is 0.995. The van der Waals surface area contributed by atoms with Gasteiger partial charge in [0.15, 0.2) is 0 Å². The SMILES string of the molecule is CCCS(=O)(=O)Nc1ccc(C(=O)NCCN2CCNCC2)cc1. The van der Waals surface area contributed by atoms with Crippen molar-refractivity contribution >= 4 is 21.6 Å². The lowest BCUT2D eigenvalue weighted by Gasteiger charge is -2.27. The highest BCUT2D eigenvalue weighted by atomic mass is 32.2. The van der Waals surface area contributed by atoms with E-state index in [0.29, 0.717) is 24.2 Å². The van der Waals surface area contributed by atoms with Crippen LogP contribution in [0, 0.1) is 0 Å². The monoisotopic (exact) mass is 354 g/mol. The molecule has 24 heavy (non-hydrogen) atoms. The zero-order chi connectivity index (χ0) is 17.4. The van der Waals surface area contributed by atoms with Gasteiger partial charge in [0.05, 0.1) is 5.75 Å². The van der Waals surface area contributed by atoms with Gasteiger partial charge in [-0.1, -0.05) is 6.92 Å². The van der Waals surface area contributed by atoms with Gasteiger partial charge in [-0.15, -0.1) is 0 Å². The van der Waals surface area contributed by atoms with Crippen molar-refractivity contribution in [2.75, 3.05) is 49.7 Å². The molecule has 8 heteroatoms. The van der Waals surface area contributed by atoms with Crippen LogP contribution in [0.2, 0.25) is 0 Å². The first-order valence-electron chi connectivity index (χ1n) is 8.32. The normalized spacial score (nSPS) is 15.9. The molecule has 0 bridgehead atoms. The number of amides is 1. The summed E-state index contributed by atoms with van der Waals surface area (Å²) in [6, 6.07) is 6.48. The van der Waals surface area contributed by atoms with Gasteiger partial charge < -0.3 is 10.6 Å². The number of carbonyl (C=O) groups is 1. The van der Waals surface area contributed by atoms with Gasteiger partial charge >= 0.3 is 0 Å². The van der Waals surface area contributed by atoms with Crippen molar-refractivity contribution in [3.8, 4) is 0 Å². The van der Waals surface area contributed by atoms with Crippen molar-refractivity contribution in [3.63, 3.8) is 0 Å². The molecule has 3 N–H and O–H groups in total. The molecule has 1 fully saturated rings. The van der Waals surface area contributed by atoms with E-state index in [2.05, 4.69) is 20.3 Å². The Morgan fingerprint density at radius 3 is 2.50 bits per heavy atom. The molecule has 1 aliphatic heterocycles. The molecule has 0 aliphatic carbocycles. The molecule has 1 aliphatic rings. The molecule has 1 aromatic rings. The van der Waals surface area contributed by atoms with E-state index in [1.54, 1.807) is 24.3 Å². The molecule has 0 radical (unpaired) electrons. The lowest BCUT2D eigenvalue weighted by atomic mass is 10.2. The largest absolute Gasteiger partial charge is 0.351 e. The molecule has 2 rings (SSSR count). The third-order valence-electron chi connectivity index (χ3n) is 3.82. The van der Waals surface area contributed by atoms with Gasteiger partial charge in [-0.05, 0) is 30.7 Å². The van der Waals surface area contributed by atoms with Crippen LogP contribution in [0.4, 0.5) is 5.69 Å². The average molecular weight is 354 g/mol. The Labute approximate surface area is 143 Å². The van der Waals surface area contributed by atoms with Crippen LogP contribution in [0.5, 0.6) is 0 Å². The molecule has 0 saturated carbocycles. The minimum Gasteiger partial charge on any atom is -0.351 e. The van der Waals surface area contributed by atoms with Crippen LogP contribution in [0.1, 0.15) is 23.7 Å². The summed E-state index contributed by atoms with van der Waals surface area (Å²) in [4.78, 5) is 14.4. The van der Waals surface area contributed by atoms with Gasteiger partial charge in [0.2, 0.25) is 10.0 Å². The van der Waals surface area contributed by atoms with E-state index in [1.807, 2.05) is 6.92 Å². The van der Waals surface area contributed by atoms with Crippen molar-refractivity contribution in [1.82, 2.24) is 15.5 Å². The van der Waals surface area contributed by atoms with Crippen LogP contribution >= 0.6 is 0 Å². The van der Waals surface area contributed by atoms with E-state index < -0.39 is 10.0 Å². The summed E-state index contributed by atoms with van der Waals surface area (Å²) in [5.74, 6) is -0.0607. The minimum absolute atomic E-state index is 0.0846. The summed E-state index contributed by atoms with van der Waals surface area (Å²) >= 11 is 0. The van der Waals surface area contributed by atoms with Gasteiger partial charge in [-0.25, -0.2) is 8.42 Å². The molecule has 1 heterocycles. The van der Waals surface area contributed by atoms with Crippen LogP contribution in [0.15, 0.2) is 24.3 Å². The smallest absolute Gasteiger partial charge is 0.251 e. The fraction of sp³-hybridized carbons (Fsp3) is 0.562. The number of piperazine rings is 1. The topological polar surface area (TPSA) is 90.5 Å². The molecule has 7 nitrogen and oxygen atoms in total. The Bertz CT molecular complexity index is 625. The highest BCUT2D eigenvalue weighted by Gasteiger charge is 2.11. The second kappa shape index (κ2) is 9.00. The van der Waals surface area contributed by atoms with E-state index in [9.17, 15) is 13.2 Å². The summed E-state index contributed by atoms with van der Waals surface area (Å²) in [7, 11) is -3.31. The number of carbonyl (C=O) groups excluding carboxylic acids is 1. The van der Waals surface area contributed by atoms with Crippen molar-refractivity contribution < 1.29 is 13.2 Å². The number of sulfonamides is 1. The fourth-order valence-electron chi connectivity index (χ4n) is 2.55. The van der Waals surface area contributed by atoms with Gasteiger partial charge in [0, 0.05) is 50.5 Å². The first kappa shape index (κ1) is 18.7. The Hall–Kier alpha value is -1.64. The minimum atomic E-state index is -3.31. The summed E-state index contributed by atoms with van der Waals surface area (Å²) in [6.07, 6.45) is 0.558. The van der Waals surface area contributed by atoms with E-state index in [0.717, 1.165) is 32.7 Å². The second-order valence-electron chi connectivity index (χ2n) is 5.85. The standard InChI is InChI=1S/C16H26N4O3S/c1-2-13-24(22,23)19-15-5-3-14(4-6-15)16(21)18-9-12-20-10-7-17-8-11-20/h3-6,17,19H,2,7-13H2,1H3,(H,18,21). The third kappa shape index (κ3) is 6.10. The molecule has 0 atom stereocenters. The Kier molecular flexibility index (Phi) is 7.01. The number of anilines is 1. The quantitative estimate of drug-likeness (QED) is 0.631. The maximum absolute atomic E-state index is 12.1. The zero-order valence-corrected chi connectivity index (χ0v) is 14.9. The average Bonchev–Trinajstić information content (AvgIpc) is 2.56. The molecule has 1 amide bonds. The lowest BCUT2D eigenvalue weighted by molar-refractivity contribution is 0.0947. The van der Waals surface area contributed by atoms with Crippen molar-refractivity contribution in [1.29, 1.82) is 0 Å². The highest BCUT2D eigenvalue weighted by molar-refractivity contribution is 7.92. The van der Waals surface area contributed by atoms with Gasteiger partial charge in [0.25, 0.3) is 5.91 Å². The first-order valence-corrected chi connectivity index (χ1v) is 9.97. The van der Waals surface area contributed by atoms with E-state index in [1.165, 1.54) is 0 Å². The lowest BCUT2D eigenvalue weighted by Crippen LogP contribution is -2.46. The van der Waals surface area contributed by atoms with Crippen LogP contribution < -0.4 is 15.4 Å². The van der Waals surface area contributed by atoms with E-state index in [4.69, 9.17) is 0 Å². The molecule has 0 aromatic heterocycles. The first-order chi connectivity index (χ1) is 11.5.